The Labute approximate surface area is 123 Å². The number of thiophene rings is 1. The zero-order chi connectivity index (χ0) is 15.1. The van der Waals surface area contributed by atoms with Crippen molar-refractivity contribution in [2.75, 3.05) is 11.9 Å². The summed E-state index contributed by atoms with van der Waals surface area (Å²) in [5, 5.41) is 3.25. The number of hydrogen-bond donors (Lipinski definition) is 2. The van der Waals surface area contributed by atoms with Crippen LogP contribution in [-0.4, -0.2) is 24.5 Å². The van der Waals surface area contributed by atoms with Crippen LogP contribution in [0.3, 0.4) is 0 Å². The summed E-state index contributed by atoms with van der Waals surface area (Å²) in [6.45, 7) is 5.97. The lowest BCUT2D eigenvalue weighted by atomic mass is 10.1. The summed E-state index contributed by atoms with van der Waals surface area (Å²) in [6.07, 6.45) is 2.54. The molecule has 1 amide bonds. The first kappa shape index (κ1) is 16.7. The highest BCUT2D eigenvalue weighted by Crippen LogP contribution is 2.28. The Kier molecular flexibility index (Phi) is 6.67. The van der Waals surface area contributed by atoms with Crippen molar-refractivity contribution >= 4 is 28.2 Å². The van der Waals surface area contributed by atoms with Crippen molar-refractivity contribution < 1.29 is 14.3 Å². The number of rotatable bonds is 7. The molecule has 0 fully saturated rings. The van der Waals surface area contributed by atoms with E-state index in [9.17, 15) is 9.59 Å². The molecule has 112 valence electrons. The number of carbonyl (C=O) groups is 2. The molecule has 0 saturated carbocycles. The van der Waals surface area contributed by atoms with Crippen molar-refractivity contribution in [3.63, 3.8) is 0 Å². The summed E-state index contributed by atoms with van der Waals surface area (Å²) in [7, 11) is 0. The number of unbranched alkanes of at least 4 members (excludes halogenated alkanes) is 1. The Hall–Kier alpha value is -1.40. The van der Waals surface area contributed by atoms with Crippen LogP contribution in [0.5, 0.6) is 0 Å². The molecule has 0 aliphatic rings. The van der Waals surface area contributed by atoms with Gasteiger partial charge in [-0.15, -0.1) is 11.3 Å². The van der Waals surface area contributed by atoms with Crippen LogP contribution >= 0.6 is 11.3 Å². The number of ether oxygens (including phenoxy) is 1. The van der Waals surface area contributed by atoms with Gasteiger partial charge in [-0.1, -0.05) is 19.8 Å². The zero-order valence-electron chi connectivity index (χ0n) is 12.2. The average molecular weight is 298 g/mol. The van der Waals surface area contributed by atoms with Gasteiger partial charge in [-0.2, -0.15) is 0 Å². The van der Waals surface area contributed by atoms with Crippen molar-refractivity contribution in [1.29, 1.82) is 0 Å². The topological polar surface area (TPSA) is 81.4 Å². The van der Waals surface area contributed by atoms with E-state index < -0.39 is 12.0 Å². The smallest absolute Gasteiger partial charge is 0.341 e. The van der Waals surface area contributed by atoms with Gasteiger partial charge in [0.05, 0.1) is 18.2 Å². The SMILES string of the molecule is CCCC[C@H](N)C(=O)Nc1sc(C)cc1C(=O)OCC. The monoisotopic (exact) mass is 298 g/mol. The molecule has 6 heteroatoms. The first-order valence-electron chi connectivity index (χ1n) is 6.83. The predicted molar refractivity (Wildman–Crippen MR) is 81.1 cm³/mol. The lowest BCUT2D eigenvalue weighted by Crippen LogP contribution is -2.35. The molecule has 5 nitrogen and oxygen atoms in total. The van der Waals surface area contributed by atoms with Gasteiger partial charge in [0, 0.05) is 4.88 Å². The second kappa shape index (κ2) is 8.01. The molecule has 1 atom stereocenters. The first-order valence-corrected chi connectivity index (χ1v) is 7.65. The summed E-state index contributed by atoms with van der Waals surface area (Å²) in [6, 6.07) is 1.17. The van der Waals surface area contributed by atoms with Crippen LogP contribution < -0.4 is 11.1 Å². The third-order valence-corrected chi connectivity index (χ3v) is 3.76. The van der Waals surface area contributed by atoms with Crippen LogP contribution in [0.15, 0.2) is 6.07 Å². The van der Waals surface area contributed by atoms with Gasteiger partial charge in [-0.3, -0.25) is 4.79 Å². The largest absolute Gasteiger partial charge is 0.462 e. The lowest BCUT2D eigenvalue weighted by molar-refractivity contribution is -0.117. The number of aryl methyl sites for hydroxylation is 1. The maximum atomic E-state index is 12.0. The van der Waals surface area contributed by atoms with E-state index in [4.69, 9.17) is 10.5 Å². The molecule has 1 aromatic heterocycles. The zero-order valence-corrected chi connectivity index (χ0v) is 13.0. The number of amides is 1. The normalized spacial score (nSPS) is 12.0. The van der Waals surface area contributed by atoms with Crippen molar-refractivity contribution in [1.82, 2.24) is 0 Å². The minimum Gasteiger partial charge on any atom is -0.462 e. The van der Waals surface area contributed by atoms with Crippen LogP contribution in [0.4, 0.5) is 5.00 Å². The molecule has 20 heavy (non-hydrogen) atoms. The quantitative estimate of drug-likeness (QED) is 0.758. The van der Waals surface area contributed by atoms with Crippen molar-refractivity contribution in [2.45, 2.75) is 46.1 Å². The second-order valence-electron chi connectivity index (χ2n) is 4.56. The number of carbonyl (C=O) groups excluding carboxylic acids is 2. The third kappa shape index (κ3) is 4.61. The predicted octanol–water partition coefficient (Wildman–Crippen LogP) is 2.69. The minimum absolute atomic E-state index is 0.258. The molecule has 1 heterocycles. The number of esters is 1. The van der Waals surface area contributed by atoms with Crippen LogP contribution in [0.2, 0.25) is 0 Å². The molecule has 0 unspecified atom stereocenters. The number of anilines is 1. The van der Waals surface area contributed by atoms with Gasteiger partial charge in [-0.05, 0) is 26.3 Å². The molecule has 0 saturated heterocycles. The highest BCUT2D eigenvalue weighted by atomic mass is 32.1. The number of hydrogen-bond acceptors (Lipinski definition) is 5. The lowest BCUT2D eigenvalue weighted by Gasteiger charge is -2.11. The molecule has 3 N–H and O–H groups in total. The third-order valence-electron chi connectivity index (χ3n) is 2.79. The Morgan fingerprint density at radius 1 is 1.45 bits per heavy atom. The summed E-state index contributed by atoms with van der Waals surface area (Å²) in [5.41, 5.74) is 6.21. The Morgan fingerprint density at radius 2 is 2.15 bits per heavy atom. The Balaban J connectivity index is 2.76. The van der Waals surface area contributed by atoms with Gasteiger partial charge >= 0.3 is 5.97 Å². The van der Waals surface area contributed by atoms with E-state index in [0.717, 1.165) is 17.7 Å². The molecule has 0 aromatic carbocycles. The molecule has 0 bridgehead atoms. The summed E-state index contributed by atoms with van der Waals surface area (Å²) >= 11 is 1.35. The first-order chi connectivity index (χ1) is 9.49. The van der Waals surface area contributed by atoms with E-state index in [1.165, 1.54) is 11.3 Å². The fraction of sp³-hybridized carbons (Fsp3) is 0.571. The van der Waals surface area contributed by atoms with E-state index in [1.54, 1.807) is 13.0 Å². The summed E-state index contributed by atoms with van der Waals surface area (Å²) in [4.78, 5) is 24.7. The second-order valence-corrected chi connectivity index (χ2v) is 5.81. The Morgan fingerprint density at radius 3 is 2.75 bits per heavy atom. The highest BCUT2D eigenvalue weighted by molar-refractivity contribution is 7.16. The summed E-state index contributed by atoms with van der Waals surface area (Å²) < 4.78 is 4.97. The molecular weight excluding hydrogens is 276 g/mol. The highest BCUT2D eigenvalue weighted by Gasteiger charge is 2.20. The molecule has 0 spiro atoms. The van der Waals surface area contributed by atoms with Crippen LogP contribution in [0, 0.1) is 6.92 Å². The van der Waals surface area contributed by atoms with E-state index in [2.05, 4.69) is 5.32 Å². The number of nitrogens with one attached hydrogen (secondary N) is 1. The van der Waals surface area contributed by atoms with Gasteiger partial charge in [0.25, 0.3) is 0 Å². The molecule has 0 aliphatic heterocycles. The summed E-state index contributed by atoms with van der Waals surface area (Å²) in [5.74, 6) is -0.680. The number of nitrogens with two attached hydrogens (primary N) is 1. The molecule has 0 radical (unpaired) electrons. The molecular formula is C14H22N2O3S. The van der Waals surface area contributed by atoms with Gasteiger partial charge in [0.15, 0.2) is 0 Å². The van der Waals surface area contributed by atoms with E-state index in [1.807, 2.05) is 13.8 Å². The van der Waals surface area contributed by atoms with E-state index >= 15 is 0 Å². The van der Waals surface area contributed by atoms with Gasteiger partial charge in [0.2, 0.25) is 5.91 Å². The standard InChI is InChI=1S/C14H22N2O3S/c1-4-6-7-11(15)12(17)16-13-10(8-9(3)20-13)14(18)19-5-2/h8,11H,4-7,15H2,1-3H3,(H,16,17)/t11-/m0/s1. The van der Waals surface area contributed by atoms with Crippen molar-refractivity contribution in [2.24, 2.45) is 5.73 Å². The van der Waals surface area contributed by atoms with Crippen LogP contribution in [0.25, 0.3) is 0 Å². The van der Waals surface area contributed by atoms with E-state index in [0.29, 0.717) is 23.6 Å². The van der Waals surface area contributed by atoms with Crippen molar-refractivity contribution in [3.05, 3.63) is 16.5 Å². The maximum Gasteiger partial charge on any atom is 0.341 e. The van der Waals surface area contributed by atoms with Gasteiger partial charge in [0.1, 0.15) is 5.00 Å². The molecule has 1 aromatic rings. The maximum absolute atomic E-state index is 12.0. The van der Waals surface area contributed by atoms with Crippen LogP contribution in [0.1, 0.15) is 48.3 Å². The minimum atomic E-state index is -0.549. The Bertz CT molecular complexity index is 471. The average Bonchev–Trinajstić information content (AvgIpc) is 2.77. The fourth-order valence-corrected chi connectivity index (χ4v) is 2.63. The van der Waals surface area contributed by atoms with Gasteiger partial charge in [-0.25, -0.2) is 4.79 Å². The fourth-order valence-electron chi connectivity index (χ4n) is 1.73. The van der Waals surface area contributed by atoms with Crippen LogP contribution in [-0.2, 0) is 9.53 Å². The van der Waals surface area contributed by atoms with Gasteiger partial charge < -0.3 is 15.8 Å². The molecule has 1 rings (SSSR count). The molecule has 0 aliphatic carbocycles. The van der Waals surface area contributed by atoms with Crippen molar-refractivity contribution in [3.8, 4) is 0 Å². The van der Waals surface area contributed by atoms with E-state index in [-0.39, 0.29) is 5.91 Å².